The summed E-state index contributed by atoms with van der Waals surface area (Å²) >= 11 is 0. The topological polar surface area (TPSA) is 55.4 Å². The first-order chi connectivity index (χ1) is 11.1. The maximum Gasteiger partial charge on any atom is 0.240 e. The highest BCUT2D eigenvalue weighted by atomic mass is 32.2. The van der Waals surface area contributed by atoms with Crippen molar-refractivity contribution >= 4 is 10.0 Å². The van der Waals surface area contributed by atoms with Crippen LogP contribution in [-0.2, 0) is 22.0 Å². The van der Waals surface area contributed by atoms with Gasteiger partial charge < -0.3 is 4.74 Å². The molecule has 0 aromatic heterocycles. The van der Waals surface area contributed by atoms with Gasteiger partial charge in [-0.25, -0.2) is 13.1 Å². The Labute approximate surface area is 144 Å². The molecule has 2 aromatic rings. The monoisotopic (exact) mass is 347 g/mol. The molecule has 4 nitrogen and oxygen atoms in total. The van der Waals surface area contributed by atoms with Gasteiger partial charge in [0.2, 0.25) is 10.0 Å². The highest BCUT2D eigenvalue weighted by Gasteiger charge is 2.20. The predicted molar refractivity (Wildman–Crippen MR) is 96.9 cm³/mol. The van der Waals surface area contributed by atoms with Gasteiger partial charge in [-0.3, -0.25) is 0 Å². The molecule has 0 radical (unpaired) electrons. The third kappa shape index (κ3) is 4.36. The Balaban J connectivity index is 2.27. The standard InChI is InChI=1S/C19H25NO3S/c1-14-6-10-17(11-7-14)24(21,22)20-13-15-8-9-16(23-5)12-18(15)19(2,3)4/h6-12,20H,13H2,1-5H3. The van der Waals surface area contributed by atoms with Gasteiger partial charge in [0.25, 0.3) is 0 Å². The first-order valence-corrected chi connectivity index (χ1v) is 9.35. The normalized spacial score (nSPS) is 12.2. The molecule has 2 rings (SSSR count). The predicted octanol–water partition coefficient (Wildman–Crippen LogP) is 3.78. The summed E-state index contributed by atoms with van der Waals surface area (Å²) in [6.45, 7) is 8.46. The fourth-order valence-electron chi connectivity index (χ4n) is 2.51. The number of nitrogens with one attached hydrogen (secondary N) is 1. The lowest BCUT2D eigenvalue weighted by Gasteiger charge is -2.24. The van der Waals surface area contributed by atoms with E-state index in [-0.39, 0.29) is 16.9 Å². The Bertz CT molecular complexity index is 803. The van der Waals surface area contributed by atoms with Crippen LogP contribution in [0.15, 0.2) is 47.4 Å². The highest BCUT2D eigenvalue weighted by molar-refractivity contribution is 7.89. The second kappa shape index (κ2) is 6.95. The van der Waals surface area contributed by atoms with Crippen molar-refractivity contribution in [2.45, 2.75) is 44.6 Å². The summed E-state index contributed by atoms with van der Waals surface area (Å²) in [5.74, 6) is 0.769. The third-order valence-corrected chi connectivity index (χ3v) is 5.33. The third-order valence-electron chi connectivity index (χ3n) is 3.91. The Kier molecular flexibility index (Phi) is 5.35. The average molecular weight is 347 g/mol. The van der Waals surface area contributed by atoms with Gasteiger partial charge in [0.1, 0.15) is 5.75 Å². The number of ether oxygens (including phenoxy) is 1. The van der Waals surface area contributed by atoms with Crippen LogP contribution in [0.5, 0.6) is 5.75 Å². The van der Waals surface area contributed by atoms with Gasteiger partial charge in [0.05, 0.1) is 12.0 Å². The molecule has 2 aromatic carbocycles. The van der Waals surface area contributed by atoms with Gasteiger partial charge in [0, 0.05) is 6.54 Å². The fraction of sp³-hybridized carbons (Fsp3) is 0.368. The molecule has 5 heteroatoms. The number of rotatable bonds is 5. The summed E-state index contributed by atoms with van der Waals surface area (Å²) in [6.07, 6.45) is 0. The second-order valence-corrected chi connectivity index (χ2v) is 8.68. The summed E-state index contributed by atoms with van der Waals surface area (Å²) in [4.78, 5) is 0.277. The van der Waals surface area contributed by atoms with Crippen molar-refractivity contribution < 1.29 is 13.2 Å². The summed E-state index contributed by atoms with van der Waals surface area (Å²) in [6, 6.07) is 12.6. The van der Waals surface area contributed by atoms with E-state index in [0.717, 1.165) is 22.4 Å². The number of sulfonamides is 1. The fourth-order valence-corrected chi connectivity index (χ4v) is 3.51. The lowest BCUT2D eigenvalue weighted by Crippen LogP contribution is -2.25. The molecule has 0 bridgehead atoms. The zero-order valence-corrected chi connectivity index (χ0v) is 15.7. The molecule has 0 aliphatic heterocycles. The van der Waals surface area contributed by atoms with Crippen LogP contribution in [-0.4, -0.2) is 15.5 Å². The minimum Gasteiger partial charge on any atom is -0.497 e. The van der Waals surface area contributed by atoms with Gasteiger partial charge in [-0.05, 0) is 47.7 Å². The SMILES string of the molecule is COc1ccc(CNS(=O)(=O)c2ccc(C)cc2)c(C(C)(C)C)c1. The van der Waals surface area contributed by atoms with E-state index in [2.05, 4.69) is 25.5 Å². The molecule has 24 heavy (non-hydrogen) atoms. The molecule has 0 saturated carbocycles. The lowest BCUT2D eigenvalue weighted by molar-refractivity contribution is 0.412. The Hall–Kier alpha value is -1.85. The van der Waals surface area contributed by atoms with Crippen molar-refractivity contribution in [2.75, 3.05) is 7.11 Å². The average Bonchev–Trinajstić information content (AvgIpc) is 2.52. The highest BCUT2D eigenvalue weighted by Crippen LogP contribution is 2.29. The number of aryl methyl sites for hydroxylation is 1. The maximum atomic E-state index is 12.5. The quantitative estimate of drug-likeness (QED) is 0.895. The van der Waals surface area contributed by atoms with Crippen molar-refractivity contribution in [1.82, 2.24) is 4.72 Å². The van der Waals surface area contributed by atoms with Crippen molar-refractivity contribution in [1.29, 1.82) is 0 Å². The zero-order valence-electron chi connectivity index (χ0n) is 14.9. The first-order valence-electron chi connectivity index (χ1n) is 7.87. The molecule has 0 atom stereocenters. The maximum absolute atomic E-state index is 12.5. The molecule has 0 spiro atoms. The molecule has 0 unspecified atom stereocenters. The van der Waals surface area contributed by atoms with Gasteiger partial charge in [-0.15, -0.1) is 0 Å². The van der Waals surface area contributed by atoms with E-state index in [1.54, 1.807) is 31.4 Å². The van der Waals surface area contributed by atoms with Crippen molar-refractivity contribution in [2.24, 2.45) is 0 Å². The van der Waals surface area contributed by atoms with E-state index < -0.39 is 10.0 Å². The van der Waals surface area contributed by atoms with Crippen LogP contribution >= 0.6 is 0 Å². The lowest BCUT2D eigenvalue weighted by atomic mass is 9.83. The smallest absolute Gasteiger partial charge is 0.240 e. The number of methoxy groups -OCH3 is 1. The minimum absolute atomic E-state index is 0.112. The van der Waals surface area contributed by atoms with E-state index in [1.165, 1.54) is 0 Å². The van der Waals surface area contributed by atoms with Gasteiger partial charge in [0.15, 0.2) is 0 Å². The van der Waals surface area contributed by atoms with E-state index in [1.807, 2.05) is 25.1 Å². The van der Waals surface area contributed by atoms with Gasteiger partial charge in [-0.1, -0.05) is 44.5 Å². The summed E-state index contributed by atoms with van der Waals surface area (Å²) in [5.41, 5.74) is 2.92. The summed E-state index contributed by atoms with van der Waals surface area (Å²) in [5, 5.41) is 0. The number of hydrogen-bond donors (Lipinski definition) is 1. The van der Waals surface area contributed by atoms with Crippen molar-refractivity contribution in [3.8, 4) is 5.75 Å². The summed E-state index contributed by atoms with van der Waals surface area (Å²) in [7, 11) is -1.91. The Morgan fingerprint density at radius 1 is 1.04 bits per heavy atom. The van der Waals surface area contributed by atoms with Crippen LogP contribution in [0.3, 0.4) is 0 Å². The molecule has 1 N–H and O–H groups in total. The van der Waals surface area contributed by atoms with Crippen molar-refractivity contribution in [3.05, 3.63) is 59.2 Å². The minimum atomic E-state index is -3.53. The van der Waals surface area contributed by atoms with Crippen LogP contribution in [0.4, 0.5) is 0 Å². The van der Waals surface area contributed by atoms with Crippen LogP contribution in [0.1, 0.15) is 37.5 Å². The van der Waals surface area contributed by atoms with E-state index >= 15 is 0 Å². The van der Waals surface area contributed by atoms with Crippen molar-refractivity contribution in [3.63, 3.8) is 0 Å². The molecule has 0 amide bonds. The van der Waals surface area contributed by atoms with Crippen LogP contribution in [0.25, 0.3) is 0 Å². The Morgan fingerprint density at radius 2 is 1.67 bits per heavy atom. The molecular weight excluding hydrogens is 322 g/mol. The Morgan fingerprint density at radius 3 is 2.21 bits per heavy atom. The zero-order chi connectivity index (χ0) is 18.0. The molecule has 0 heterocycles. The number of hydrogen-bond acceptors (Lipinski definition) is 3. The molecule has 0 aliphatic carbocycles. The molecule has 0 aliphatic rings. The van der Waals surface area contributed by atoms with Crippen LogP contribution < -0.4 is 9.46 Å². The molecule has 130 valence electrons. The second-order valence-electron chi connectivity index (χ2n) is 6.91. The van der Waals surface area contributed by atoms with Crippen LogP contribution in [0.2, 0.25) is 0 Å². The van der Waals surface area contributed by atoms with Gasteiger partial charge >= 0.3 is 0 Å². The van der Waals surface area contributed by atoms with E-state index in [0.29, 0.717) is 0 Å². The first kappa shape index (κ1) is 18.5. The van der Waals surface area contributed by atoms with E-state index in [4.69, 9.17) is 4.74 Å². The number of benzene rings is 2. The van der Waals surface area contributed by atoms with Gasteiger partial charge in [-0.2, -0.15) is 0 Å². The molecule has 0 saturated heterocycles. The van der Waals surface area contributed by atoms with Crippen LogP contribution in [0, 0.1) is 6.92 Å². The molecule has 0 fully saturated rings. The summed E-state index contributed by atoms with van der Waals surface area (Å²) < 4.78 is 32.9. The molecular formula is C19H25NO3S. The largest absolute Gasteiger partial charge is 0.497 e. The van der Waals surface area contributed by atoms with E-state index in [9.17, 15) is 8.42 Å².